The second-order valence-corrected chi connectivity index (χ2v) is 4.97. The van der Waals surface area contributed by atoms with Crippen molar-refractivity contribution in [1.29, 1.82) is 0 Å². The Morgan fingerprint density at radius 3 is 2.70 bits per heavy atom. The third-order valence-corrected chi connectivity index (χ3v) is 3.70. The predicted molar refractivity (Wildman–Crippen MR) is 83.0 cm³/mol. The molecule has 2 aromatic carbocycles. The summed E-state index contributed by atoms with van der Waals surface area (Å²) in [6.07, 6.45) is 0. The molecule has 0 bridgehead atoms. The van der Waals surface area contributed by atoms with Gasteiger partial charge in [-0.25, -0.2) is 5.43 Å². The van der Waals surface area contributed by atoms with Crippen LogP contribution in [0.1, 0.15) is 29.7 Å². The summed E-state index contributed by atoms with van der Waals surface area (Å²) < 4.78 is 5.54. The van der Waals surface area contributed by atoms with E-state index in [1.807, 2.05) is 56.3 Å². The first-order valence-electron chi connectivity index (χ1n) is 6.61. The molecule has 2 aromatic rings. The smallest absolute Gasteiger partial charge is 0.119 e. The van der Waals surface area contributed by atoms with Crippen LogP contribution in [0.4, 0.5) is 0 Å². The average molecular weight is 291 g/mol. The minimum atomic E-state index is -0.117. The van der Waals surface area contributed by atoms with Crippen LogP contribution in [-0.4, -0.2) is 6.61 Å². The molecule has 0 aliphatic carbocycles. The van der Waals surface area contributed by atoms with Gasteiger partial charge in [-0.1, -0.05) is 35.9 Å². The Labute approximate surface area is 124 Å². The van der Waals surface area contributed by atoms with Gasteiger partial charge in [0.15, 0.2) is 0 Å². The highest BCUT2D eigenvalue weighted by atomic mass is 35.5. The molecule has 1 unspecified atom stereocenters. The average Bonchev–Trinajstić information content (AvgIpc) is 2.45. The van der Waals surface area contributed by atoms with Gasteiger partial charge in [0.05, 0.1) is 12.6 Å². The van der Waals surface area contributed by atoms with Gasteiger partial charge in [-0.15, -0.1) is 0 Å². The molecule has 0 amide bonds. The van der Waals surface area contributed by atoms with Gasteiger partial charge in [0.25, 0.3) is 0 Å². The SMILES string of the molecule is CCOc1cccc(C(NN)c2cccc(Cl)c2C)c1. The van der Waals surface area contributed by atoms with Crippen molar-refractivity contribution in [2.45, 2.75) is 19.9 Å². The van der Waals surface area contributed by atoms with Crippen molar-refractivity contribution in [2.75, 3.05) is 6.61 Å². The van der Waals surface area contributed by atoms with Gasteiger partial charge in [0.2, 0.25) is 0 Å². The normalized spacial score (nSPS) is 12.2. The maximum Gasteiger partial charge on any atom is 0.119 e. The molecule has 0 saturated carbocycles. The molecular formula is C16H19ClN2O. The van der Waals surface area contributed by atoms with E-state index in [1.54, 1.807) is 0 Å². The van der Waals surface area contributed by atoms with E-state index in [1.165, 1.54) is 0 Å². The molecule has 3 nitrogen and oxygen atoms in total. The van der Waals surface area contributed by atoms with Crippen LogP contribution in [0.15, 0.2) is 42.5 Å². The number of nitrogens with two attached hydrogens (primary N) is 1. The molecule has 4 heteroatoms. The molecule has 2 rings (SSSR count). The van der Waals surface area contributed by atoms with Crippen molar-refractivity contribution < 1.29 is 4.74 Å². The van der Waals surface area contributed by atoms with E-state index >= 15 is 0 Å². The van der Waals surface area contributed by atoms with Crippen LogP contribution < -0.4 is 16.0 Å². The predicted octanol–water partition coefficient (Wildman–Crippen LogP) is 3.60. The van der Waals surface area contributed by atoms with Gasteiger partial charge in [-0.3, -0.25) is 5.84 Å². The summed E-state index contributed by atoms with van der Waals surface area (Å²) in [6.45, 7) is 4.60. The van der Waals surface area contributed by atoms with Gasteiger partial charge in [-0.2, -0.15) is 0 Å². The third kappa shape index (κ3) is 3.12. The van der Waals surface area contributed by atoms with Crippen molar-refractivity contribution >= 4 is 11.6 Å². The van der Waals surface area contributed by atoms with Crippen LogP contribution in [0.25, 0.3) is 0 Å². The second-order valence-electron chi connectivity index (χ2n) is 4.56. The van der Waals surface area contributed by atoms with E-state index < -0.39 is 0 Å². The Kier molecular flexibility index (Phi) is 5.01. The Balaban J connectivity index is 2.41. The highest BCUT2D eigenvalue weighted by molar-refractivity contribution is 6.31. The molecule has 0 aliphatic heterocycles. The van der Waals surface area contributed by atoms with Crippen LogP contribution >= 0.6 is 11.6 Å². The lowest BCUT2D eigenvalue weighted by Gasteiger charge is -2.20. The summed E-state index contributed by atoms with van der Waals surface area (Å²) in [4.78, 5) is 0. The van der Waals surface area contributed by atoms with Crippen molar-refractivity contribution in [3.63, 3.8) is 0 Å². The van der Waals surface area contributed by atoms with E-state index in [0.717, 1.165) is 27.5 Å². The molecule has 0 saturated heterocycles. The van der Waals surface area contributed by atoms with Crippen LogP contribution in [0, 0.1) is 6.92 Å². The van der Waals surface area contributed by atoms with E-state index in [4.69, 9.17) is 22.2 Å². The van der Waals surface area contributed by atoms with Gasteiger partial charge in [0, 0.05) is 5.02 Å². The number of halogens is 1. The topological polar surface area (TPSA) is 47.3 Å². The molecule has 106 valence electrons. The van der Waals surface area contributed by atoms with Crippen LogP contribution in [0.5, 0.6) is 5.75 Å². The van der Waals surface area contributed by atoms with E-state index in [-0.39, 0.29) is 6.04 Å². The van der Waals surface area contributed by atoms with Crippen LogP contribution in [-0.2, 0) is 0 Å². The lowest BCUT2D eigenvalue weighted by atomic mass is 9.95. The number of nitrogens with one attached hydrogen (secondary N) is 1. The standard InChI is InChI=1S/C16H19ClN2O/c1-3-20-13-7-4-6-12(10-13)16(19-18)14-8-5-9-15(17)11(14)2/h4-10,16,19H,3,18H2,1-2H3. The summed E-state index contributed by atoms with van der Waals surface area (Å²) in [6, 6.07) is 13.6. The molecular weight excluding hydrogens is 272 g/mol. The first-order chi connectivity index (χ1) is 9.67. The fraction of sp³-hybridized carbons (Fsp3) is 0.250. The molecule has 0 aromatic heterocycles. The lowest BCUT2D eigenvalue weighted by molar-refractivity contribution is 0.339. The molecule has 1 atom stereocenters. The molecule has 0 radical (unpaired) electrons. The summed E-state index contributed by atoms with van der Waals surface area (Å²) in [5.41, 5.74) is 5.99. The Bertz CT molecular complexity index is 586. The lowest BCUT2D eigenvalue weighted by Crippen LogP contribution is -2.29. The fourth-order valence-corrected chi connectivity index (χ4v) is 2.43. The first-order valence-corrected chi connectivity index (χ1v) is 6.99. The molecule has 0 spiro atoms. The Hall–Kier alpha value is -1.55. The Morgan fingerprint density at radius 1 is 1.25 bits per heavy atom. The summed E-state index contributed by atoms with van der Waals surface area (Å²) in [5, 5.41) is 0.740. The molecule has 0 fully saturated rings. The number of hydrogen-bond acceptors (Lipinski definition) is 3. The number of ether oxygens (including phenoxy) is 1. The molecule has 0 heterocycles. The van der Waals surface area contributed by atoms with Crippen LogP contribution in [0.3, 0.4) is 0 Å². The minimum Gasteiger partial charge on any atom is -0.494 e. The number of rotatable bonds is 5. The van der Waals surface area contributed by atoms with Gasteiger partial charge in [-0.05, 0) is 48.7 Å². The zero-order chi connectivity index (χ0) is 14.5. The monoisotopic (exact) mass is 290 g/mol. The third-order valence-electron chi connectivity index (χ3n) is 3.29. The quantitative estimate of drug-likeness (QED) is 0.653. The van der Waals surface area contributed by atoms with Gasteiger partial charge >= 0.3 is 0 Å². The van der Waals surface area contributed by atoms with Crippen molar-refractivity contribution in [2.24, 2.45) is 5.84 Å². The molecule has 3 N–H and O–H groups in total. The zero-order valence-electron chi connectivity index (χ0n) is 11.7. The van der Waals surface area contributed by atoms with E-state index in [0.29, 0.717) is 6.61 Å². The number of hydrogen-bond donors (Lipinski definition) is 2. The van der Waals surface area contributed by atoms with Crippen molar-refractivity contribution in [3.05, 3.63) is 64.2 Å². The summed E-state index contributed by atoms with van der Waals surface area (Å²) >= 11 is 6.19. The largest absolute Gasteiger partial charge is 0.494 e. The van der Waals surface area contributed by atoms with Crippen LogP contribution in [0.2, 0.25) is 5.02 Å². The van der Waals surface area contributed by atoms with Gasteiger partial charge in [0.1, 0.15) is 5.75 Å². The molecule has 20 heavy (non-hydrogen) atoms. The summed E-state index contributed by atoms with van der Waals surface area (Å²) in [7, 11) is 0. The van der Waals surface area contributed by atoms with Crippen molar-refractivity contribution in [1.82, 2.24) is 5.43 Å². The molecule has 0 aliphatic rings. The summed E-state index contributed by atoms with van der Waals surface area (Å²) in [5.74, 6) is 6.58. The minimum absolute atomic E-state index is 0.117. The maximum absolute atomic E-state index is 6.19. The highest BCUT2D eigenvalue weighted by Gasteiger charge is 2.16. The first kappa shape index (κ1) is 14.9. The zero-order valence-corrected chi connectivity index (χ0v) is 12.4. The highest BCUT2D eigenvalue weighted by Crippen LogP contribution is 2.29. The van der Waals surface area contributed by atoms with E-state index in [9.17, 15) is 0 Å². The van der Waals surface area contributed by atoms with Gasteiger partial charge < -0.3 is 4.74 Å². The number of benzene rings is 2. The fourth-order valence-electron chi connectivity index (χ4n) is 2.25. The van der Waals surface area contributed by atoms with E-state index in [2.05, 4.69) is 5.43 Å². The Morgan fingerprint density at radius 2 is 2.00 bits per heavy atom. The maximum atomic E-state index is 6.19. The second kappa shape index (κ2) is 6.75. The van der Waals surface area contributed by atoms with Crippen molar-refractivity contribution in [3.8, 4) is 5.75 Å². The number of hydrazine groups is 1.